The molecule has 0 unspecified atom stereocenters. The number of ether oxygens (including phenoxy) is 1. The number of pyridine rings is 1. The molecule has 0 fully saturated rings. The van der Waals surface area contributed by atoms with Crippen LogP contribution in [0.3, 0.4) is 0 Å². The number of nitrogens with one attached hydrogen (secondary N) is 1. The molecule has 6 rings (SSSR count). The van der Waals surface area contributed by atoms with Gasteiger partial charge in [-0.05, 0) is 60.0 Å². The zero-order valence-corrected chi connectivity index (χ0v) is 25.6. The van der Waals surface area contributed by atoms with Crippen molar-refractivity contribution in [2.45, 2.75) is 38.2 Å². The van der Waals surface area contributed by atoms with Gasteiger partial charge in [0.1, 0.15) is 30.0 Å². The van der Waals surface area contributed by atoms with Crippen molar-refractivity contribution in [2.75, 3.05) is 0 Å². The van der Waals surface area contributed by atoms with E-state index in [9.17, 15) is 37.5 Å². The number of aliphatic carboxylic acids is 1. The Kier molecular flexibility index (Phi) is 8.30. The molecular formula is C34H25F5N4O6. The molecule has 0 saturated heterocycles. The molecule has 3 heterocycles. The lowest BCUT2D eigenvalue weighted by molar-refractivity contribution is -0.140. The van der Waals surface area contributed by atoms with E-state index in [1.54, 1.807) is 19.1 Å². The topological polar surface area (TPSA) is 133 Å². The number of halogens is 5. The average molecular weight is 681 g/mol. The van der Waals surface area contributed by atoms with E-state index < -0.39 is 76.1 Å². The molecule has 5 aromatic rings. The van der Waals surface area contributed by atoms with Gasteiger partial charge in [0, 0.05) is 29.9 Å². The van der Waals surface area contributed by atoms with E-state index in [4.69, 9.17) is 4.74 Å². The van der Waals surface area contributed by atoms with Crippen LogP contribution >= 0.6 is 0 Å². The zero-order chi connectivity index (χ0) is 35.4. The summed E-state index contributed by atoms with van der Waals surface area (Å²) in [7, 11) is 1.27. The summed E-state index contributed by atoms with van der Waals surface area (Å²) in [6, 6.07) is 6.73. The molecule has 0 radical (unpaired) electrons. The molecule has 252 valence electrons. The Morgan fingerprint density at radius 3 is 2.53 bits per heavy atom. The number of rotatable bonds is 3. The lowest BCUT2D eigenvalue weighted by Gasteiger charge is -2.27. The first kappa shape index (κ1) is 33.1. The van der Waals surface area contributed by atoms with E-state index in [0.717, 1.165) is 16.7 Å². The third-order valence-electron chi connectivity index (χ3n) is 8.36. The third-order valence-corrected chi connectivity index (χ3v) is 8.36. The second-order valence-corrected chi connectivity index (χ2v) is 11.5. The highest BCUT2D eigenvalue weighted by Gasteiger charge is 2.39. The van der Waals surface area contributed by atoms with Crippen LogP contribution in [-0.2, 0) is 29.4 Å². The summed E-state index contributed by atoms with van der Waals surface area (Å²) >= 11 is 0. The molecule has 2 aromatic heterocycles. The minimum atomic E-state index is -5.26. The van der Waals surface area contributed by atoms with Gasteiger partial charge in [-0.2, -0.15) is 13.2 Å². The van der Waals surface area contributed by atoms with Crippen LogP contribution < -0.4 is 21.3 Å². The molecule has 10 nitrogen and oxygen atoms in total. The maximum Gasteiger partial charge on any atom is 0.419 e. The summed E-state index contributed by atoms with van der Waals surface area (Å²) in [6.45, 7) is 1.27. The van der Waals surface area contributed by atoms with E-state index in [-0.39, 0.29) is 39.9 Å². The Morgan fingerprint density at radius 2 is 1.82 bits per heavy atom. The number of aromatic nitrogens is 3. The minimum absolute atomic E-state index is 0.0669. The highest BCUT2D eigenvalue weighted by Crippen LogP contribution is 2.42. The lowest BCUT2D eigenvalue weighted by Crippen LogP contribution is -2.48. The van der Waals surface area contributed by atoms with Crippen molar-refractivity contribution in [1.29, 1.82) is 0 Å². The first-order valence-corrected chi connectivity index (χ1v) is 14.7. The van der Waals surface area contributed by atoms with Gasteiger partial charge in [-0.3, -0.25) is 23.9 Å². The molecule has 2 atom stereocenters. The molecule has 3 aromatic carbocycles. The quantitative estimate of drug-likeness (QED) is 0.251. The number of hydrogen-bond donors (Lipinski definition) is 2. The number of carboxylic acids is 1. The van der Waals surface area contributed by atoms with E-state index in [1.165, 1.54) is 43.7 Å². The van der Waals surface area contributed by atoms with Crippen molar-refractivity contribution < 1.29 is 41.4 Å². The Hall–Kier alpha value is -5.86. The number of fused-ring (bicyclic) bond motifs is 7. The molecular weight excluding hydrogens is 655 g/mol. The van der Waals surface area contributed by atoms with Gasteiger partial charge in [-0.1, -0.05) is 18.2 Å². The van der Waals surface area contributed by atoms with Crippen molar-refractivity contribution in [3.8, 4) is 16.9 Å². The Morgan fingerprint density at radius 1 is 1.06 bits per heavy atom. The predicted molar refractivity (Wildman–Crippen MR) is 165 cm³/mol. The number of benzene rings is 3. The first-order chi connectivity index (χ1) is 23.2. The normalized spacial score (nSPS) is 16.3. The maximum absolute atomic E-state index is 15.9. The molecule has 4 bridgehead atoms. The minimum Gasteiger partial charge on any atom is -0.488 e. The fourth-order valence-corrected chi connectivity index (χ4v) is 6.04. The number of amides is 1. The molecule has 1 amide bonds. The van der Waals surface area contributed by atoms with Crippen molar-refractivity contribution in [2.24, 2.45) is 7.05 Å². The highest BCUT2D eigenvalue weighted by molar-refractivity contribution is 5.86. The summed E-state index contributed by atoms with van der Waals surface area (Å²) in [5.74, 6) is -5.86. The molecule has 2 N–H and O–H groups in total. The molecule has 15 heteroatoms. The fraction of sp³-hybridized carbons (Fsp3) is 0.206. The standard InChI is InChI=1S/C34H25F5N4O6/c1-16-4-3-5-26-28(16)18-11-21(29(36)22(12-18)34(37,38)39)24(13-27(44)45)41-31(46)30(20-10-17(15-49-26)6-7-23(20)35)43-32(47)19-8-9-40-14-25(19)42(2)33(43)48/h3-12,14,24,30H,13,15H2,1-2H3,(H,41,46)(H,44,45)/t24-,30-/m1/s1. The van der Waals surface area contributed by atoms with E-state index in [2.05, 4.69) is 10.3 Å². The van der Waals surface area contributed by atoms with Crippen LogP contribution in [0.15, 0.2) is 76.6 Å². The summed E-state index contributed by atoms with van der Waals surface area (Å²) in [5.41, 5.74) is -4.58. The Labute approximate surface area is 273 Å². The number of hydrogen-bond acceptors (Lipinski definition) is 6. The monoisotopic (exact) mass is 680 g/mol. The van der Waals surface area contributed by atoms with Gasteiger partial charge in [-0.15, -0.1) is 0 Å². The molecule has 0 saturated carbocycles. The molecule has 1 aliphatic heterocycles. The van der Waals surface area contributed by atoms with Crippen LogP contribution in [0.4, 0.5) is 22.0 Å². The van der Waals surface area contributed by atoms with Crippen LogP contribution in [-0.4, -0.2) is 31.1 Å². The summed E-state index contributed by atoms with van der Waals surface area (Å²) < 4.78 is 82.0. The zero-order valence-electron chi connectivity index (χ0n) is 25.6. The third kappa shape index (κ3) is 5.91. The highest BCUT2D eigenvalue weighted by atomic mass is 19.4. The number of nitrogens with zero attached hydrogens (tertiary/aromatic N) is 3. The van der Waals surface area contributed by atoms with Crippen LogP contribution in [0, 0.1) is 18.6 Å². The van der Waals surface area contributed by atoms with Gasteiger partial charge in [0.05, 0.1) is 35.1 Å². The predicted octanol–water partition coefficient (Wildman–Crippen LogP) is 5.18. The number of carboxylic acid groups (broad SMARTS) is 1. The maximum atomic E-state index is 15.9. The summed E-state index contributed by atoms with van der Waals surface area (Å²) in [6.07, 6.45) is -3.91. The van der Waals surface area contributed by atoms with Crippen molar-refractivity contribution in [3.05, 3.63) is 127 Å². The van der Waals surface area contributed by atoms with Gasteiger partial charge in [0.2, 0.25) is 5.91 Å². The first-order valence-electron chi connectivity index (χ1n) is 14.7. The second-order valence-electron chi connectivity index (χ2n) is 11.5. The summed E-state index contributed by atoms with van der Waals surface area (Å²) in [4.78, 5) is 57.7. The number of carbonyl (C=O) groups excluding carboxylic acids is 1. The average Bonchev–Trinajstić information content (AvgIpc) is 3.04. The SMILES string of the molecule is Cc1cccc2c1-c1cc(c(F)c(C(F)(F)F)c1)[C@@H](CC(=O)O)NC(=O)[C@H](n1c(=O)c3ccncc3n(C)c1=O)c1cc(ccc1F)CO2. The molecule has 49 heavy (non-hydrogen) atoms. The molecule has 0 spiro atoms. The smallest absolute Gasteiger partial charge is 0.419 e. The number of aryl methyl sites for hydroxylation is 2. The van der Waals surface area contributed by atoms with Crippen LogP contribution in [0.5, 0.6) is 5.75 Å². The van der Waals surface area contributed by atoms with Crippen LogP contribution in [0.1, 0.15) is 46.3 Å². The van der Waals surface area contributed by atoms with E-state index >= 15 is 8.78 Å². The Balaban J connectivity index is 1.69. The van der Waals surface area contributed by atoms with Gasteiger partial charge in [-0.25, -0.2) is 18.1 Å². The summed E-state index contributed by atoms with van der Waals surface area (Å²) in [5, 5.41) is 11.9. The van der Waals surface area contributed by atoms with Crippen molar-refractivity contribution in [1.82, 2.24) is 19.4 Å². The van der Waals surface area contributed by atoms with Gasteiger partial charge < -0.3 is 15.2 Å². The second kappa shape index (κ2) is 12.3. The van der Waals surface area contributed by atoms with Crippen LogP contribution in [0.2, 0.25) is 0 Å². The largest absolute Gasteiger partial charge is 0.488 e. The van der Waals surface area contributed by atoms with Gasteiger partial charge in [0.25, 0.3) is 5.56 Å². The molecule has 0 aliphatic carbocycles. The van der Waals surface area contributed by atoms with E-state index in [0.29, 0.717) is 16.2 Å². The number of carbonyl (C=O) groups is 2. The van der Waals surface area contributed by atoms with Gasteiger partial charge >= 0.3 is 17.8 Å². The van der Waals surface area contributed by atoms with E-state index in [1.807, 2.05) is 0 Å². The van der Waals surface area contributed by atoms with Crippen molar-refractivity contribution >= 4 is 22.8 Å². The molecule has 1 aliphatic rings. The fourth-order valence-electron chi connectivity index (χ4n) is 6.04. The lowest BCUT2D eigenvalue weighted by atomic mass is 9.91. The number of alkyl halides is 3. The van der Waals surface area contributed by atoms with Crippen LogP contribution in [0.25, 0.3) is 22.0 Å². The van der Waals surface area contributed by atoms with Gasteiger partial charge in [0.15, 0.2) is 0 Å². The van der Waals surface area contributed by atoms with Crippen molar-refractivity contribution in [3.63, 3.8) is 0 Å². The Bertz CT molecular complexity index is 2300.